The molecule has 5 heteroatoms. The van der Waals surface area contributed by atoms with Gasteiger partial charge in [0.15, 0.2) is 5.75 Å². The van der Waals surface area contributed by atoms with E-state index in [2.05, 4.69) is 9.88 Å². The van der Waals surface area contributed by atoms with Gasteiger partial charge in [-0.25, -0.2) is 4.79 Å². The number of carbonyl (C=O) groups is 1. The van der Waals surface area contributed by atoms with Crippen LogP contribution in [-0.4, -0.2) is 29.2 Å². The molecule has 0 amide bonds. The molecule has 0 aliphatic carbocycles. The van der Waals surface area contributed by atoms with Crippen molar-refractivity contribution in [2.24, 2.45) is 0 Å². The molecular formula is C16H16N2O3. The predicted molar refractivity (Wildman–Crippen MR) is 78.9 cm³/mol. The fourth-order valence-corrected chi connectivity index (χ4v) is 2.42. The lowest BCUT2D eigenvalue weighted by Gasteiger charge is -2.31. The zero-order valence-electron chi connectivity index (χ0n) is 11.7. The van der Waals surface area contributed by atoms with Gasteiger partial charge in [0.1, 0.15) is 12.2 Å². The van der Waals surface area contributed by atoms with Crippen LogP contribution in [0.3, 0.4) is 0 Å². The third-order valence-corrected chi connectivity index (χ3v) is 3.50. The number of hydrogen-bond donors (Lipinski definition) is 1. The fourth-order valence-electron chi connectivity index (χ4n) is 2.42. The molecule has 0 saturated heterocycles. The normalized spacial score (nSPS) is 13.5. The Bertz CT molecular complexity index is 668. The minimum Gasteiger partial charge on any atom is -0.489 e. The lowest BCUT2D eigenvalue weighted by atomic mass is 10.1. The molecule has 1 N–H and O–H groups in total. The zero-order valence-corrected chi connectivity index (χ0v) is 11.7. The molecule has 108 valence electrons. The smallest absolute Gasteiger partial charge is 0.339 e. The van der Waals surface area contributed by atoms with Gasteiger partial charge in [0, 0.05) is 6.20 Å². The van der Waals surface area contributed by atoms with Gasteiger partial charge < -0.3 is 14.7 Å². The molecule has 2 aromatic rings. The number of rotatable bonds is 3. The SMILES string of the molecule is Cc1ccc(CN2CCOc3c(C(=O)O)cccc32)nc1. The number of aromatic carboxylic acids is 1. The lowest BCUT2D eigenvalue weighted by molar-refractivity contribution is 0.0692. The summed E-state index contributed by atoms with van der Waals surface area (Å²) in [5.74, 6) is -0.523. The van der Waals surface area contributed by atoms with Crippen LogP contribution in [0.15, 0.2) is 36.5 Å². The van der Waals surface area contributed by atoms with Gasteiger partial charge in [0.25, 0.3) is 0 Å². The maximum absolute atomic E-state index is 11.3. The van der Waals surface area contributed by atoms with E-state index in [0.29, 0.717) is 25.4 Å². The van der Waals surface area contributed by atoms with Gasteiger partial charge in [-0.15, -0.1) is 0 Å². The van der Waals surface area contributed by atoms with Crippen molar-refractivity contribution >= 4 is 11.7 Å². The second kappa shape index (κ2) is 5.44. The van der Waals surface area contributed by atoms with Gasteiger partial charge in [-0.05, 0) is 30.7 Å². The molecule has 0 atom stereocenters. The molecule has 1 aromatic heterocycles. The number of benzene rings is 1. The summed E-state index contributed by atoms with van der Waals surface area (Å²) in [6, 6.07) is 9.21. The van der Waals surface area contributed by atoms with E-state index in [4.69, 9.17) is 4.74 Å². The summed E-state index contributed by atoms with van der Waals surface area (Å²) in [5, 5.41) is 9.24. The molecular weight excluding hydrogens is 268 g/mol. The third-order valence-electron chi connectivity index (χ3n) is 3.50. The van der Waals surface area contributed by atoms with E-state index in [0.717, 1.165) is 16.9 Å². The number of aryl methyl sites for hydroxylation is 1. The number of carboxylic acid groups (broad SMARTS) is 1. The van der Waals surface area contributed by atoms with Gasteiger partial charge >= 0.3 is 5.97 Å². The number of ether oxygens (including phenoxy) is 1. The first-order chi connectivity index (χ1) is 10.1. The van der Waals surface area contributed by atoms with E-state index in [1.54, 1.807) is 12.1 Å². The Hall–Kier alpha value is -2.56. The number of hydrogen-bond acceptors (Lipinski definition) is 4. The molecule has 0 spiro atoms. The largest absolute Gasteiger partial charge is 0.489 e. The Morgan fingerprint density at radius 2 is 2.24 bits per heavy atom. The summed E-state index contributed by atoms with van der Waals surface area (Å²) < 4.78 is 5.56. The first-order valence-electron chi connectivity index (χ1n) is 6.81. The minimum absolute atomic E-state index is 0.203. The summed E-state index contributed by atoms with van der Waals surface area (Å²) in [5.41, 5.74) is 3.08. The molecule has 5 nitrogen and oxygen atoms in total. The molecule has 1 aliphatic rings. The summed E-state index contributed by atoms with van der Waals surface area (Å²) in [4.78, 5) is 17.8. The third kappa shape index (κ3) is 2.67. The van der Waals surface area contributed by atoms with Crippen molar-refractivity contribution in [3.05, 3.63) is 53.3 Å². The van der Waals surface area contributed by atoms with Crippen molar-refractivity contribution in [1.82, 2.24) is 4.98 Å². The summed E-state index contributed by atoms with van der Waals surface area (Å²) in [6.45, 7) is 3.83. The van der Waals surface area contributed by atoms with Crippen LogP contribution in [0.4, 0.5) is 5.69 Å². The highest BCUT2D eigenvalue weighted by Crippen LogP contribution is 2.35. The number of pyridine rings is 1. The van der Waals surface area contributed by atoms with Gasteiger partial charge in [-0.2, -0.15) is 0 Å². The van der Waals surface area contributed by atoms with E-state index in [1.165, 1.54) is 0 Å². The second-order valence-electron chi connectivity index (χ2n) is 5.06. The van der Waals surface area contributed by atoms with E-state index < -0.39 is 5.97 Å². The zero-order chi connectivity index (χ0) is 14.8. The molecule has 2 heterocycles. The van der Waals surface area contributed by atoms with Crippen LogP contribution in [-0.2, 0) is 6.54 Å². The molecule has 3 rings (SSSR count). The van der Waals surface area contributed by atoms with Crippen LogP contribution in [0.2, 0.25) is 0 Å². The fraction of sp³-hybridized carbons (Fsp3) is 0.250. The van der Waals surface area contributed by atoms with Crippen LogP contribution >= 0.6 is 0 Å². The van der Waals surface area contributed by atoms with Crippen molar-refractivity contribution in [2.75, 3.05) is 18.1 Å². The Labute approximate surface area is 122 Å². The summed E-state index contributed by atoms with van der Waals surface area (Å²) >= 11 is 0. The van der Waals surface area contributed by atoms with Crippen LogP contribution in [0.1, 0.15) is 21.6 Å². The van der Waals surface area contributed by atoms with E-state index in [-0.39, 0.29) is 5.56 Å². The standard InChI is InChI=1S/C16H16N2O3/c1-11-5-6-12(17-9-11)10-18-7-8-21-15-13(16(19)20)3-2-4-14(15)18/h2-6,9H,7-8,10H2,1H3,(H,19,20). The molecule has 0 bridgehead atoms. The Morgan fingerprint density at radius 3 is 2.95 bits per heavy atom. The number of nitrogens with zero attached hydrogens (tertiary/aromatic N) is 2. The van der Waals surface area contributed by atoms with Gasteiger partial charge in [-0.3, -0.25) is 4.98 Å². The van der Waals surface area contributed by atoms with Gasteiger partial charge in [-0.1, -0.05) is 12.1 Å². The molecule has 1 aliphatic heterocycles. The number of anilines is 1. The molecule has 0 saturated carbocycles. The minimum atomic E-state index is -0.970. The summed E-state index contributed by atoms with van der Waals surface area (Å²) in [7, 11) is 0. The monoisotopic (exact) mass is 284 g/mol. The lowest BCUT2D eigenvalue weighted by Crippen LogP contribution is -2.33. The molecule has 21 heavy (non-hydrogen) atoms. The molecule has 0 fully saturated rings. The van der Waals surface area contributed by atoms with Crippen LogP contribution in [0, 0.1) is 6.92 Å². The van der Waals surface area contributed by atoms with Crippen LogP contribution < -0.4 is 9.64 Å². The highest BCUT2D eigenvalue weighted by Gasteiger charge is 2.23. The Kier molecular flexibility index (Phi) is 3.48. The van der Waals surface area contributed by atoms with E-state index in [9.17, 15) is 9.90 Å². The topological polar surface area (TPSA) is 62.7 Å². The molecule has 0 unspecified atom stereocenters. The maximum atomic E-state index is 11.3. The van der Waals surface area contributed by atoms with E-state index in [1.807, 2.05) is 31.3 Å². The van der Waals surface area contributed by atoms with Crippen molar-refractivity contribution < 1.29 is 14.6 Å². The maximum Gasteiger partial charge on any atom is 0.339 e. The van der Waals surface area contributed by atoms with Crippen LogP contribution in [0.5, 0.6) is 5.75 Å². The second-order valence-corrected chi connectivity index (χ2v) is 5.06. The number of fused-ring (bicyclic) bond motifs is 1. The first kappa shape index (κ1) is 13.4. The average Bonchev–Trinajstić information content (AvgIpc) is 2.49. The summed E-state index contributed by atoms with van der Waals surface area (Å²) in [6.07, 6.45) is 1.84. The van der Waals surface area contributed by atoms with Crippen molar-refractivity contribution in [1.29, 1.82) is 0 Å². The quantitative estimate of drug-likeness (QED) is 0.938. The highest BCUT2D eigenvalue weighted by atomic mass is 16.5. The average molecular weight is 284 g/mol. The Morgan fingerprint density at radius 1 is 1.38 bits per heavy atom. The first-order valence-corrected chi connectivity index (χ1v) is 6.81. The van der Waals surface area contributed by atoms with Gasteiger partial charge in [0.2, 0.25) is 0 Å². The molecule has 0 radical (unpaired) electrons. The number of carboxylic acids is 1. The van der Waals surface area contributed by atoms with Crippen molar-refractivity contribution in [3.63, 3.8) is 0 Å². The number of aromatic nitrogens is 1. The van der Waals surface area contributed by atoms with Gasteiger partial charge in [0.05, 0.1) is 24.5 Å². The van der Waals surface area contributed by atoms with Crippen LogP contribution in [0.25, 0.3) is 0 Å². The van der Waals surface area contributed by atoms with Crippen molar-refractivity contribution in [3.8, 4) is 5.75 Å². The highest BCUT2D eigenvalue weighted by molar-refractivity contribution is 5.93. The predicted octanol–water partition coefficient (Wildman–Crippen LogP) is 2.49. The Balaban J connectivity index is 1.92. The van der Waals surface area contributed by atoms with E-state index >= 15 is 0 Å². The van der Waals surface area contributed by atoms with Crippen molar-refractivity contribution in [2.45, 2.75) is 13.5 Å². The molecule has 1 aromatic carbocycles. The number of para-hydroxylation sites is 1.